The molecule has 1 heterocycles. The first kappa shape index (κ1) is 18.5. The lowest BCUT2D eigenvalue weighted by Crippen LogP contribution is -2.33. The number of aromatic nitrogens is 2. The van der Waals surface area contributed by atoms with Gasteiger partial charge in [0.25, 0.3) is 0 Å². The Hall–Kier alpha value is -2.85. The van der Waals surface area contributed by atoms with Gasteiger partial charge in [-0.05, 0) is 25.8 Å². The molecule has 0 bridgehead atoms. The number of aliphatic hydroxyl groups excluding tert-OH is 1. The molecular weight excluding hydrogens is 318 g/mol. The van der Waals surface area contributed by atoms with Crippen LogP contribution in [0.3, 0.4) is 0 Å². The summed E-state index contributed by atoms with van der Waals surface area (Å²) in [5.74, 6) is 0.257. The molecule has 0 saturated carbocycles. The molecule has 1 unspecified atom stereocenters. The highest BCUT2D eigenvalue weighted by atomic mass is 16.3. The number of aliphatic hydroxyl groups is 1. The number of urea groups is 1. The second-order valence-corrected chi connectivity index (χ2v) is 6.03. The molecule has 0 radical (unpaired) electrons. The monoisotopic (exact) mass is 341 g/mol. The molecule has 25 heavy (non-hydrogen) atoms. The summed E-state index contributed by atoms with van der Waals surface area (Å²) >= 11 is 0. The lowest BCUT2D eigenvalue weighted by atomic mass is 9.96. The predicted molar refractivity (Wildman–Crippen MR) is 95.2 cm³/mol. The number of carbonyl (C=O) groups is 1. The minimum atomic E-state index is -0.427. The molecule has 1 atom stereocenters. The molecule has 3 N–H and O–H groups in total. The molecule has 0 spiro atoms. The van der Waals surface area contributed by atoms with Crippen molar-refractivity contribution in [2.45, 2.75) is 32.2 Å². The largest absolute Gasteiger partial charge is 0.396 e. The van der Waals surface area contributed by atoms with Crippen LogP contribution in [0.5, 0.6) is 0 Å². The van der Waals surface area contributed by atoms with E-state index in [1.54, 1.807) is 10.9 Å². The number of hydrogen-bond donors (Lipinski definition) is 3. The van der Waals surface area contributed by atoms with Crippen molar-refractivity contribution in [3.63, 3.8) is 0 Å². The highest BCUT2D eigenvalue weighted by molar-refractivity contribution is 5.89. The molecule has 0 saturated heterocycles. The Morgan fingerprint density at radius 2 is 2.08 bits per heavy atom. The maximum atomic E-state index is 12.2. The molecule has 2 amide bonds. The first-order valence-electron chi connectivity index (χ1n) is 8.25. The van der Waals surface area contributed by atoms with Crippen LogP contribution in [0.1, 0.15) is 43.4 Å². The van der Waals surface area contributed by atoms with Crippen LogP contribution < -0.4 is 10.6 Å². The summed E-state index contributed by atoms with van der Waals surface area (Å²) in [6.07, 6.45) is 2.16. The van der Waals surface area contributed by atoms with Crippen molar-refractivity contribution in [3.8, 4) is 6.07 Å². The van der Waals surface area contributed by atoms with Gasteiger partial charge in [0.1, 0.15) is 11.6 Å². The van der Waals surface area contributed by atoms with Crippen molar-refractivity contribution < 1.29 is 9.90 Å². The molecule has 1 aromatic heterocycles. The van der Waals surface area contributed by atoms with Gasteiger partial charge in [-0.1, -0.05) is 30.3 Å². The SMILES string of the molecule is CC(C)n1cc(C#N)c(NC(=O)NCC(CCO)c2ccccc2)n1. The van der Waals surface area contributed by atoms with Gasteiger partial charge in [0, 0.05) is 31.3 Å². The zero-order valence-corrected chi connectivity index (χ0v) is 14.4. The van der Waals surface area contributed by atoms with E-state index >= 15 is 0 Å². The van der Waals surface area contributed by atoms with Crippen LogP contribution in [-0.2, 0) is 0 Å². The molecule has 7 nitrogen and oxygen atoms in total. The number of amides is 2. The molecule has 0 aliphatic rings. The van der Waals surface area contributed by atoms with Gasteiger partial charge < -0.3 is 10.4 Å². The van der Waals surface area contributed by atoms with E-state index in [0.717, 1.165) is 5.56 Å². The lowest BCUT2D eigenvalue weighted by molar-refractivity contribution is 0.248. The first-order chi connectivity index (χ1) is 12.0. The molecule has 2 rings (SSSR count). The molecule has 1 aromatic carbocycles. The van der Waals surface area contributed by atoms with E-state index in [2.05, 4.69) is 15.7 Å². The van der Waals surface area contributed by atoms with Crippen LogP contribution in [0.15, 0.2) is 36.5 Å². The summed E-state index contributed by atoms with van der Waals surface area (Å²) in [5, 5.41) is 28.0. The van der Waals surface area contributed by atoms with E-state index in [1.807, 2.05) is 50.2 Å². The number of rotatable bonds is 7. The minimum absolute atomic E-state index is 0.0145. The van der Waals surface area contributed by atoms with Gasteiger partial charge in [0.15, 0.2) is 5.82 Å². The second kappa shape index (κ2) is 8.85. The standard InChI is InChI=1S/C18H23N5O2/c1-13(2)23-12-16(10-19)17(22-23)21-18(25)20-11-15(8-9-24)14-6-4-3-5-7-14/h3-7,12-13,15,24H,8-9,11H2,1-2H3,(H2,20,21,22,25). The maximum absolute atomic E-state index is 12.2. The molecule has 132 valence electrons. The summed E-state index contributed by atoms with van der Waals surface area (Å²) in [7, 11) is 0. The number of benzene rings is 1. The summed E-state index contributed by atoms with van der Waals surface area (Å²) in [4.78, 5) is 12.2. The summed E-state index contributed by atoms with van der Waals surface area (Å²) in [6, 6.07) is 11.4. The van der Waals surface area contributed by atoms with Crippen molar-refractivity contribution >= 4 is 11.8 Å². The number of nitriles is 1. The van der Waals surface area contributed by atoms with Gasteiger partial charge >= 0.3 is 6.03 Å². The Morgan fingerprint density at radius 1 is 1.36 bits per heavy atom. The van der Waals surface area contributed by atoms with Gasteiger partial charge in [-0.2, -0.15) is 10.4 Å². The fourth-order valence-electron chi connectivity index (χ4n) is 2.47. The van der Waals surface area contributed by atoms with E-state index in [9.17, 15) is 9.90 Å². The van der Waals surface area contributed by atoms with Crippen molar-refractivity contribution in [1.29, 1.82) is 5.26 Å². The zero-order valence-electron chi connectivity index (χ0n) is 14.4. The molecule has 2 aromatic rings. The van der Waals surface area contributed by atoms with Gasteiger partial charge in [0.05, 0.1) is 0 Å². The maximum Gasteiger partial charge on any atom is 0.320 e. The smallest absolute Gasteiger partial charge is 0.320 e. The van der Waals surface area contributed by atoms with E-state index in [0.29, 0.717) is 18.5 Å². The van der Waals surface area contributed by atoms with E-state index in [4.69, 9.17) is 5.26 Å². The summed E-state index contributed by atoms with van der Waals surface area (Å²) in [5.41, 5.74) is 1.37. The van der Waals surface area contributed by atoms with E-state index in [1.165, 1.54) is 0 Å². The van der Waals surface area contributed by atoms with Crippen LogP contribution in [0.4, 0.5) is 10.6 Å². The van der Waals surface area contributed by atoms with Crippen LogP contribution >= 0.6 is 0 Å². The van der Waals surface area contributed by atoms with Crippen LogP contribution in [-0.4, -0.2) is 34.1 Å². The first-order valence-corrected chi connectivity index (χ1v) is 8.25. The fraction of sp³-hybridized carbons (Fsp3) is 0.389. The number of anilines is 1. The molecular formula is C18H23N5O2. The Balaban J connectivity index is 1.99. The highest BCUT2D eigenvalue weighted by Crippen LogP contribution is 2.18. The van der Waals surface area contributed by atoms with Crippen LogP contribution in [0.2, 0.25) is 0 Å². The van der Waals surface area contributed by atoms with Gasteiger partial charge in [-0.15, -0.1) is 0 Å². The second-order valence-electron chi connectivity index (χ2n) is 6.03. The topological polar surface area (TPSA) is 103 Å². The average molecular weight is 341 g/mol. The Labute approximate surface area is 147 Å². The van der Waals surface area contributed by atoms with Crippen molar-refractivity contribution in [2.24, 2.45) is 0 Å². The number of hydrogen-bond acceptors (Lipinski definition) is 4. The molecule has 0 aliphatic carbocycles. The molecule has 0 aliphatic heterocycles. The summed E-state index contributed by atoms with van der Waals surface area (Å²) in [6.45, 7) is 4.30. The Bertz CT molecular complexity index is 734. The summed E-state index contributed by atoms with van der Waals surface area (Å²) < 4.78 is 1.63. The van der Waals surface area contributed by atoms with Gasteiger partial charge in [0.2, 0.25) is 0 Å². The predicted octanol–water partition coefficient (Wildman–Crippen LogP) is 2.62. The third-order valence-electron chi connectivity index (χ3n) is 3.87. The third kappa shape index (κ3) is 5.06. The lowest BCUT2D eigenvalue weighted by Gasteiger charge is -2.17. The third-order valence-corrected chi connectivity index (χ3v) is 3.87. The number of carbonyl (C=O) groups excluding carboxylic acids is 1. The zero-order chi connectivity index (χ0) is 18.2. The number of nitrogens with one attached hydrogen (secondary N) is 2. The quantitative estimate of drug-likeness (QED) is 0.720. The van der Waals surface area contributed by atoms with Crippen LogP contribution in [0.25, 0.3) is 0 Å². The van der Waals surface area contributed by atoms with Crippen LogP contribution in [0, 0.1) is 11.3 Å². The average Bonchev–Trinajstić information content (AvgIpc) is 3.02. The van der Waals surface area contributed by atoms with Gasteiger partial charge in [-0.25, -0.2) is 4.79 Å². The van der Waals surface area contributed by atoms with Gasteiger partial charge in [-0.3, -0.25) is 10.00 Å². The normalized spacial score (nSPS) is 11.8. The van der Waals surface area contributed by atoms with E-state index < -0.39 is 6.03 Å². The molecule has 0 fully saturated rings. The van der Waals surface area contributed by atoms with Crippen molar-refractivity contribution in [1.82, 2.24) is 15.1 Å². The fourth-order valence-corrected chi connectivity index (χ4v) is 2.47. The van der Waals surface area contributed by atoms with Crippen molar-refractivity contribution in [3.05, 3.63) is 47.7 Å². The number of nitrogens with zero attached hydrogens (tertiary/aromatic N) is 3. The van der Waals surface area contributed by atoms with Crippen molar-refractivity contribution in [2.75, 3.05) is 18.5 Å². The Kier molecular flexibility index (Phi) is 6.54. The molecule has 7 heteroatoms. The Morgan fingerprint density at radius 3 is 2.68 bits per heavy atom. The highest BCUT2D eigenvalue weighted by Gasteiger charge is 2.15. The minimum Gasteiger partial charge on any atom is -0.396 e. The van der Waals surface area contributed by atoms with E-state index in [-0.39, 0.29) is 24.4 Å².